The Morgan fingerprint density at radius 2 is 1.89 bits per heavy atom. The zero-order valence-electron chi connectivity index (χ0n) is 25.2. The number of rotatable bonds is 8. The first kappa shape index (κ1) is 31.3. The number of ether oxygens (including phenoxy) is 1. The molecule has 234 valence electrons. The summed E-state index contributed by atoms with van der Waals surface area (Å²) in [4.78, 5) is 45.1. The molecule has 3 atom stereocenters. The molecule has 2 aromatic heterocycles. The van der Waals surface area contributed by atoms with Crippen molar-refractivity contribution in [1.82, 2.24) is 14.5 Å². The zero-order chi connectivity index (χ0) is 32.8. The molecule has 1 fully saturated rings. The normalized spacial score (nSPS) is 20.4. The van der Waals surface area contributed by atoms with Gasteiger partial charge in [0.2, 0.25) is 5.72 Å². The Morgan fingerprint density at radius 3 is 2.50 bits per heavy atom. The summed E-state index contributed by atoms with van der Waals surface area (Å²) < 4.78 is 25.0. The molecule has 9 nitrogen and oxygen atoms in total. The van der Waals surface area contributed by atoms with Crippen molar-refractivity contribution in [3.05, 3.63) is 133 Å². The highest BCUT2D eigenvalue weighted by Gasteiger charge is 2.56. The largest absolute Gasteiger partial charge is 0.380 e. The fraction of sp³-hybridized carbons (Fsp3) is 0.286. The molecule has 0 radical (unpaired) electrons. The number of benzene rings is 2. The van der Waals surface area contributed by atoms with E-state index in [-0.39, 0.29) is 53.0 Å². The quantitative estimate of drug-likeness (QED) is 0.285. The minimum atomic E-state index is -1.84. The molecule has 2 aromatic carbocycles. The lowest BCUT2D eigenvalue weighted by molar-refractivity contribution is -0.149. The number of carbonyl (C=O) groups excluding carboxylic acids is 2. The maximum Gasteiger partial charge on any atom is 0.257 e. The summed E-state index contributed by atoms with van der Waals surface area (Å²) >= 11 is 6.25. The van der Waals surface area contributed by atoms with Gasteiger partial charge in [-0.3, -0.25) is 24.3 Å². The number of aromatic nitrogens is 2. The number of aryl methyl sites for hydroxylation is 1. The molecule has 46 heavy (non-hydrogen) atoms. The molecule has 1 aliphatic heterocycles. The minimum Gasteiger partial charge on any atom is -0.380 e. The van der Waals surface area contributed by atoms with Crippen molar-refractivity contribution < 1.29 is 23.8 Å². The van der Waals surface area contributed by atoms with E-state index in [4.69, 9.17) is 16.3 Å². The summed E-state index contributed by atoms with van der Waals surface area (Å²) in [5, 5.41) is 21.6. The van der Waals surface area contributed by atoms with Crippen molar-refractivity contribution >= 4 is 23.3 Å². The number of hydrogen-bond donors (Lipinski definition) is 1. The van der Waals surface area contributed by atoms with Crippen LogP contribution >= 0.6 is 11.6 Å². The lowest BCUT2D eigenvalue weighted by Gasteiger charge is -2.41. The first-order chi connectivity index (χ1) is 22.0. The lowest BCUT2D eigenvalue weighted by atomic mass is 9.82. The number of halogens is 2. The van der Waals surface area contributed by atoms with Gasteiger partial charge in [-0.2, -0.15) is 5.26 Å². The summed E-state index contributed by atoms with van der Waals surface area (Å²) in [5.41, 5.74) is -2.61. The Kier molecular flexibility index (Phi) is 8.11. The van der Waals surface area contributed by atoms with E-state index in [2.05, 4.69) is 4.98 Å². The molecule has 0 saturated heterocycles. The standard InChI is InChI=1S/C35H30ClFN4O5/c1-3-34(45,23-12-13-40(2)31(43)16-23)24-14-29-32(30(37)15-24)35(22-5-7-25(36)8-6-22,46-28-11-10-27(42)17-28)41(33(29)44)20-26-9-4-21(18-38)19-39-26/h4-9,12-16,19,28,45H,3,10-11,17,20H2,1-2H3/t28-,34?,35+/m0/s1. The van der Waals surface area contributed by atoms with E-state index in [9.17, 15) is 24.8 Å². The molecular formula is C35H30ClFN4O5. The fourth-order valence-electron chi connectivity index (χ4n) is 6.38. The smallest absolute Gasteiger partial charge is 0.257 e. The van der Waals surface area contributed by atoms with Crippen LogP contribution in [0.2, 0.25) is 5.02 Å². The Bertz CT molecular complexity index is 1960. The van der Waals surface area contributed by atoms with Gasteiger partial charge in [0, 0.05) is 48.9 Å². The van der Waals surface area contributed by atoms with Crippen LogP contribution in [0, 0.1) is 17.1 Å². The van der Waals surface area contributed by atoms with Crippen LogP contribution in [0.15, 0.2) is 77.9 Å². The number of hydrogen-bond acceptors (Lipinski definition) is 7. The molecule has 1 saturated carbocycles. The van der Waals surface area contributed by atoms with Crippen LogP contribution in [0.4, 0.5) is 4.39 Å². The maximum absolute atomic E-state index is 16.9. The molecule has 2 aliphatic rings. The predicted molar refractivity (Wildman–Crippen MR) is 166 cm³/mol. The third kappa shape index (κ3) is 5.20. The van der Waals surface area contributed by atoms with Crippen molar-refractivity contribution in [2.45, 2.75) is 56.6 Å². The number of amides is 1. The van der Waals surface area contributed by atoms with Crippen molar-refractivity contribution in [2.24, 2.45) is 7.05 Å². The number of carbonyl (C=O) groups is 2. The summed E-state index contributed by atoms with van der Waals surface area (Å²) in [7, 11) is 1.58. The first-order valence-corrected chi connectivity index (χ1v) is 15.2. The molecule has 0 bridgehead atoms. The first-order valence-electron chi connectivity index (χ1n) is 14.9. The highest BCUT2D eigenvalue weighted by atomic mass is 35.5. The van der Waals surface area contributed by atoms with Gasteiger partial charge in [0.05, 0.1) is 35.0 Å². The molecular weight excluding hydrogens is 611 g/mol. The maximum atomic E-state index is 16.9. The third-order valence-electron chi connectivity index (χ3n) is 8.90. The summed E-state index contributed by atoms with van der Waals surface area (Å²) in [5.74, 6) is -1.41. The average molecular weight is 641 g/mol. The number of aliphatic hydroxyl groups is 1. The zero-order valence-corrected chi connectivity index (χ0v) is 25.9. The van der Waals surface area contributed by atoms with Crippen LogP contribution in [-0.2, 0) is 34.4 Å². The van der Waals surface area contributed by atoms with Crippen LogP contribution < -0.4 is 5.56 Å². The van der Waals surface area contributed by atoms with E-state index < -0.39 is 29.2 Å². The third-order valence-corrected chi connectivity index (χ3v) is 9.16. The van der Waals surface area contributed by atoms with E-state index in [0.717, 1.165) is 0 Å². The Labute approximate surface area is 269 Å². The topological polar surface area (TPSA) is 126 Å². The number of pyridine rings is 2. The van der Waals surface area contributed by atoms with Gasteiger partial charge in [0.1, 0.15) is 23.3 Å². The van der Waals surface area contributed by atoms with E-state index in [1.165, 1.54) is 40.1 Å². The van der Waals surface area contributed by atoms with Crippen LogP contribution in [-0.4, -0.2) is 37.4 Å². The summed E-state index contributed by atoms with van der Waals surface area (Å²) in [6, 6.07) is 17.2. The summed E-state index contributed by atoms with van der Waals surface area (Å²) in [6.45, 7) is 1.57. The number of nitriles is 1. The van der Waals surface area contributed by atoms with Gasteiger partial charge < -0.3 is 14.4 Å². The van der Waals surface area contributed by atoms with E-state index in [1.54, 1.807) is 56.4 Å². The van der Waals surface area contributed by atoms with Crippen LogP contribution in [0.5, 0.6) is 0 Å². The van der Waals surface area contributed by atoms with Gasteiger partial charge in [-0.05, 0) is 66.4 Å². The predicted octanol–water partition coefficient (Wildman–Crippen LogP) is 5.09. The van der Waals surface area contributed by atoms with Crippen molar-refractivity contribution in [3.8, 4) is 6.07 Å². The Balaban J connectivity index is 1.59. The van der Waals surface area contributed by atoms with Crippen LogP contribution in [0.1, 0.15) is 76.5 Å². The average Bonchev–Trinajstić information content (AvgIpc) is 3.57. The molecule has 1 N–H and O–H groups in total. The molecule has 6 rings (SSSR count). The van der Waals surface area contributed by atoms with Gasteiger partial charge in [0.15, 0.2) is 0 Å². The van der Waals surface area contributed by atoms with Crippen LogP contribution in [0.25, 0.3) is 0 Å². The number of Topliss-reactive ketones (excluding diaryl/α,β-unsaturated/α-hetero) is 1. The van der Waals surface area contributed by atoms with Crippen molar-refractivity contribution in [3.63, 3.8) is 0 Å². The van der Waals surface area contributed by atoms with Gasteiger partial charge in [-0.15, -0.1) is 0 Å². The molecule has 1 unspecified atom stereocenters. The summed E-state index contributed by atoms with van der Waals surface area (Å²) in [6.07, 6.45) is 3.13. The molecule has 1 amide bonds. The highest BCUT2D eigenvalue weighted by Crippen LogP contribution is 2.50. The Morgan fingerprint density at radius 1 is 1.13 bits per heavy atom. The molecule has 11 heteroatoms. The second-order valence-electron chi connectivity index (χ2n) is 11.7. The molecule has 3 heterocycles. The molecule has 1 aliphatic carbocycles. The number of ketones is 1. The molecule has 4 aromatic rings. The van der Waals surface area contributed by atoms with Crippen molar-refractivity contribution in [2.75, 3.05) is 0 Å². The number of nitrogens with zero attached hydrogens (tertiary/aromatic N) is 4. The van der Waals surface area contributed by atoms with Gasteiger partial charge in [-0.1, -0.05) is 30.7 Å². The second kappa shape index (κ2) is 11.9. The van der Waals surface area contributed by atoms with E-state index in [1.807, 2.05) is 6.07 Å². The van der Waals surface area contributed by atoms with Gasteiger partial charge >= 0.3 is 0 Å². The van der Waals surface area contributed by atoms with E-state index >= 15 is 4.39 Å². The minimum absolute atomic E-state index is 0.000977. The SMILES string of the molecule is CCC(O)(c1cc(F)c2c(c1)C(=O)N(Cc1ccc(C#N)cn1)[C@@]2(O[C@H]1CCC(=O)C1)c1ccc(Cl)cc1)c1ccn(C)c(=O)c1. The van der Waals surface area contributed by atoms with E-state index in [0.29, 0.717) is 34.7 Å². The van der Waals surface area contributed by atoms with Crippen molar-refractivity contribution in [1.29, 1.82) is 5.26 Å². The van der Waals surface area contributed by atoms with Gasteiger partial charge in [-0.25, -0.2) is 4.39 Å². The molecule has 0 spiro atoms. The van der Waals surface area contributed by atoms with Gasteiger partial charge in [0.25, 0.3) is 11.5 Å². The van der Waals surface area contributed by atoms with Crippen LogP contribution in [0.3, 0.4) is 0 Å². The highest BCUT2D eigenvalue weighted by molar-refractivity contribution is 6.30. The monoisotopic (exact) mass is 640 g/mol. The lowest BCUT2D eigenvalue weighted by Crippen LogP contribution is -2.48. The second-order valence-corrected chi connectivity index (χ2v) is 12.1. The number of fused-ring (bicyclic) bond motifs is 1. The fourth-order valence-corrected chi connectivity index (χ4v) is 6.51. The Hall–Kier alpha value is -4.69.